The number of para-hydroxylation sites is 1. The summed E-state index contributed by atoms with van der Waals surface area (Å²) >= 11 is 1.50. The van der Waals surface area contributed by atoms with E-state index in [1.165, 1.54) is 11.8 Å². The second-order valence-electron chi connectivity index (χ2n) is 8.25. The molecule has 1 aliphatic heterocycles. The van der Waals surface area contributed by atoms with Gasteiger partial charge in [0.1, 0.15) is 22.1 Å². The van der Waals surface area contributed by atoms with Gasteiger partial charge in [0.25, 0.3) is 0 Å². The number of methoxy groups -OCH3 is 1. The van der Waals surface area contributed by atoms with Gasteiger partial charge in [-0.2, -0.15) is 5.10 Å². The second-order valence-corrected chi connectivity index (χ2v) is 11.3. The number of ether oxygens (including phenoxy) is 1. The molecule has 0 bridgehead atoms. The summed E-state index contributed by atoms with van der Waals surface area (Å²) in [5, 5.41) is 5.54. The second kappa shape index (κ2) is 9.71. The number of hydrogen-bond acceptors (Lipinski definition) is 6. The van der Waals surface area contributed by atoms with Gasteiger partial charge in [0.2, 0.25) is 0 Å². The molecule has 0 aliphatic carbocycles. The summed E-state index contributed by atoms with van der Waals surface area (Å²) in [6.07, 6.45) is 0. The quantitative estimate of drug-likeness (QED) is 0.336. The molecule has 0 radical (unpaired) electrons. The summed E-state index contributed by atoms with van der Waals surface area (Å²) in [5.74, 6) is 1.36. The average molecular weight is 504 g/mol. The molecule has 2 heterocycles. The summed E-state index contributed by atoms with van der Waals surface area (Å²) in [6, 6.07) is 24.8. The number of aromatic nitrogens is 2. The Kier molecular flexibility index (Phi) is 6.49. The van der Waals surface area contributed by atoms with E-state index >= 15 is 0 Å². The molecular weight excluding hydrogens is 478 g/mol. The zero-order valence-corrected chi connectivity index (χ0v) is 21.1. The minimum absolute atomic E-state index is 0.139. The van der Waals surface area contributed by atoms with Crippen molar-refractivity contribution in [2.24, 2.45) is 4.99 Å². The number of benzene rings is 3. The van der Waals surface area contributed by atoms with Gasteiger partial charge in [0.05, 0.1) is 23.5 Å². The Morgan fingerprint density at radius 2 is 1.63 bits per heavy atom. The Balaban J connectivity index is 1.81. The van der Waals surface area contributed by atoms with E-state index in [4.69, 9.17) is 9.84 Å². The van der Waals surface area contributed by atoms with Gasteiger partial charge in [-0.05, 0) is 43.3 Å². The first-order valence-corrected chi connectivity index (χ1v) is 13.9. The van der Waals surface area contributed by atoms with Crippen molar-refractivity contribution in [3.63, 3.8) is 0 Å². The highest BCUT2D eigenvalue weighted by Gasteiger charge is 2.32. The third kappa shape index (κ3) is 4.76. The zero-order chi connectivity index (χ0) is 24.4. The van der Waals surface area contributed by atoms with Crippen molar-refractivity contribution in [3.05, 3.63) is 84.4 Å². The van der Waals surface area contributed by atoms with Crippen molar-refractivity contribution in [1.29, 1.82) is 0 Å². The number of hydrogen-bond donors (Lipinski definition) is 0. The van der Waals surface area contributed by atoms with Gasteiger partial charge < -0.3 is 4.74 Å². The predicted octanol–water partition coefficient (Wildman–Crippen LogP) is 5.44. The molecule has 0 saturated heterocycles. The highest BCUT2D eigenvalue weighted by atomic mass is 32.2. The van der Waals surface area contributed by atoms with Crippen molar-refractivity contribution in [1.82, 2.24) is 9.78 Å². The van der Waals surface area contributed by atoms with Crippen LogP contribution in [-0.4, -0.2) is 48.4 Å². The van der Waals surface area contributed by atoms with E-state index in [2.05, 4.69) is 4.99 Å². The molecule has 4 aromatic rings. The molecule has 5 rings (SSSR count). The van der Waals surface area contributed by atoms with Crippen LogP contribution in [0.25, 0.3) is 28.2 Å². The summed E-state index contributed by atoms with van der Waals surface area (Å²) in [6.45, 7) is 2.66. The Morgan fingerprint density at radius 1 is 0.943 bits per heavy atom. The molecule has 0 atom stereocenters. The van der Waals surface area contributed by atoms with Gasteiger partial charge in [-0.15, -0.1) is 11.8 Å². The first-order valence-electron chi connectivity index (χ1n) is 11.2. The van der Waals surface area contributed by atoms with Crippen molar-refractivity contribution < 1.29 is 13.2 Å². The van der Waals surface area contributed by atoms with Gasteiger partial charge in [-0.1, -0.05) is 48.0 Å². The molecule has 35 heavy (non-hydrogen) atoms. The molecular formula is C27H25N3O3S2. The van der Waals surface area contributed by atoms with Crippen LogP contribution < -0.4 is 4.74 Å². The maximum Gasteiger partial charge on any atom is 0.188 e. The highest BCUT2D eigenvalue weighted by molar-refractivity contribution is 8.15. The van der Waals surface area contributed by atoms with Gasteiger partial charge in [-0.3, -0.25) is 4.99 Å². The normalized spacial score (nSPS) is 13.6. The van der Waals surface area contributed by atoms with Crippen LogP contribution in [0.2, 0.25) is 0 Å². The van der Waals surface area contributed by atoms with Gasteiger partial charge in [0.15, 0.2) is 9.84 Å². The van der Waals surface area contributed by atoms with Crippen LogP contribution in [0.1, 0.15) is 5.56 Å². The summed E-state index contributed by atoms with van der Waals surface area (Å²) in [5.41, 5.74) is 4.32. The Labute approximate surface area is 209 Å². The minimum Gasteiger partial charge on any atom is -0.497 e. The lowest BCUT2D eigenvalue weighted by Gasteiger charge is -2.11. The molecule has 0 N–H and O–H groups in total. The van der Waals surface area contributed by atoms with E-state index in [0.29, 0.717) is 34.3 Å². The largest absolute Gasteiger partial charge is 0.497 e. The van der Waals surface area contributed by atoms with E-state index < -0.39 is 9.84 Å². The first kappa shape index (κ1) is 23.4. The third-order valence-electron chi connectivity index (χ3n) is 5.80. The van der Waals surface area contributed by atoms with Crippen molar-refractivity contribution in [2.45, 2.75) is 11.8 Å². The fraction of sp³-hybridized carbons (Fsp3) is 0.185. The molecule has 178 valence electrons. The first-order chi connectivity index (χ1) is 17.0. The van der Waals surface area contributed by atoms with E-state index in [1.54, 1.807) is 11.8 Å². The third-order valence-corrected chi connectivity index (χ3v) is 8.64. The molecule has 0 saturated carbocycles. The van der Waals surface area contributed by atoms with Gasteiger partial charge in [0, 0.05) is 23.4 Å². The summed E-state index contributed by atoms with van der Waals surface area (Å²) in [7, 11) is -2.18. The predicted molar refractivity (Wildman–Crippen MR) is 143 cm³/mol. The van der Waals surface area contributed by atoms with Crippen molar-refractivity contribution in [2.75, 3.05) is 25.2 Å². The summed E-state index contributed by atoms with van der Waals surface area (Å²) < 4.78 is 35.1. The topological polar surface area (TPSA) is 73.6 Å². The monoisotopic (exact) mass is 503 g/mol. The lowest BCUT2D eigenvalue weighted by Crippen LogP contribution is -2.14. The van der Waals surface area contributed by atoms with E-state index in [0.717, 1.165) is 22.6 Å². The van der Waals surface area contributed by atoms with E-state index in [9.17, 15) is 8.42 Å². The standard InChI is InChI=1S/C27H25N3O3S2/c1-19-8-10-21(11-9-19)26-27(35(31,32)18-24-28-16-17-34-24)25(20-12-14-23(33-2)15-13-20)29-30(26)22-6-4-3-5-7-22/h3-15H,16-18H2,1-2H3. The van der Waals surface area contributed by atoms with Gasteiger partial charge in [-0.25, -0.2) is 13.1 Å². The van der Waals surface area contributed by atoms with Gasteiger partial charge >= 0.3 is 0 Å². The van der Waals surface area contributed by atoms with Crippen LogP contribution in [0, 0.1) is 6.92 Å². The van der Waals surface area contributed by atoms with Crippen LogP contribution in [0.4, 0.5) is 0 Å². The molecule has 0 spiro atoms. The van der Waals surface area contributed by atoms with Crippen LogP contribution >= 0.6 is 11.8 Å². The summed E-state index contributed by atoms with van der Waals surface area (Å²) in [4.78, 5) is 4.62. The molecule has 3 aromatic carbocycles. The molecule has 8 heteroatoms. The Morgan fingerprint density at radius 3 is 2.26 bits per heavy atom. The average Bonchev–Trinajstić information content (AvgIpc) is 3.53. The lowest BCUT2D eigenvalue weighted by atomic mass is 10.1. The zero-order valence-electron chi connectivity index (χ0n) is 19.5. The Bertz CT molecular complexity index is 1480. The molecule has 0 unspecified atom stereocenters. The van der Waals surface area contributed by atoms with Crippen molar-refractivity contribution >= 4 is 26.6 Å². The van der Waals surface area contributed by atoms with Crippen LogP contribution in [0.5, 0.6) is 5.75 Å². The maximum atomic E-state index is 14.0. The minimum atomic E-state index is -3.78. The Hall–Kier alpha value is -3.36. The molecule has 0 fully saturated rings. The number of thioether (sulfide) groups is 1. The van der Waals surface area contributed by atoms with Crippen LogP contribution in [0.3, 0.4) is 0 Å². The molecule has 0 amide bonds. The van der Waals surface area contributed by atoms with Crippen molar-refractivity contribution in [3.8, 4) is 34.0 Å². The molecule has 1 aliphatic rings. The smallest absolute Gasteiger partial charge is 0.188 e. The lowest BCUT2D eigenvalue weighted by molar-refractivity contribution is 0.415. The fourth-order valence-corrected chi connectivity index (χ4v) is 6.97. The SMILES string of the molecule is COc1ccc(-c2nn(-c3ccccc3)c(-c3ccc(C)cc3)c2S(=O)(=O)CC2=NCCS2)cc1. The molecule has 6 nitrogen and oxygen atoms in total. The van der Waals surface area contributed by atoms with E-state index in [1.807, 2.05) is 85.8 Å². The number of sulfone groups is 1. The fourth-order valence-electron chi connectivity index (χ4n) is 4.06. The number of aliphatic imine (C=N–C) groups is 1. The number of aryl methyl sites for hydroxylation is 1. The number of nitrogens with zero attached hydrogens (tertiary/aromatic N) is 3. The maximum absolute atomic E-state index is 14.0. The highest BCUT2D eigenvalue weighted by Crippen LogP contribution is 2.39. The number of rotatable bonds is 7. The van der Waals surface area contributed by atoms with Crippen LogP contribution in [0.15, 0.2) is 88.8 Å². The van der Waals surface area contributed by atoms with E-state index in [-0.39, 0.29) is 10.6 Å². The van der Waals surface area contributed by atoms with Crippen LogP contribution in [-0.2, 0) is 9.84 Å². The molecule has 1 aromatic heterocycles.